The number of nitrogens with zero attached hydrogens (tertiary/aromatic N) is 3. The molecule has 1 atom stereocenters. The van der Waals surface area contributed by atoms with Crippen LogP contribution in [0.4, 0.5) is 5.69 Å². The molecule has 2 aliphatic heterocycles. The third-order valence-electron chi connectivity index (χ3n) is 5.95. The Bertz CT molecular complexity index is 930. The molecule has 0 spiro atoms. The number of furan rings is 1. The zero-order chi connectivity index (χ0) is 20.5. The molecule has 0 bridgehead atoms. The van der Waals surface area contributed by atoms with Gasteiger partial charge in [-0.2, -0.15) is 0 Å². The molecule has 4 rings (SSSR count). The number of hydrogen-bond donors (Lipinski definition) is 0. The van der Waals surface area contributed by atoms with Crippen molar-refractivity contribution in [2.24, 2.45) is 5.92 Å². The van der Waals surface area contributed by atoms with Crippen molar-refractivity contribution in [3.63, 3.8) is 0 Å². The zero-order valence-corrected chi connectivity index (χ0v) is 16.8. The van der Waals surface area contributed by atoms with Gasteiger partial charge in [-0.3, -0.25) is 14.4 Å². The first-order valence-electron chi connectivity index (χ1n) is 9.94. The molecule has 0 N–H and O–H groups in total. The van der Waals surface area contributed by atoms with Gasteiger partial charge in [0.1, 0.15) is 0 Å². The third kappa shape index (κ3) is 3.64. The summed E-state index contributed by atoms with van der Waals surface area (Å²) >= 11 is 0. The number of carbonyl (C=O) groups is 3. The molecule has 3 amide bonds. The third-order valence-corrected chi connectivity index (χ3v) is 5.95. The summed E-state index contributed by atoms with van der Waals surface area (Å²) in [6, 6.07) is 9.23. The van der Waals surface area contributed by atoms with Gasteiger partial charge in [-0.05, 0) is 43.2 Å². The molecule has 1 aromatic carbocycles. The van der Waals surface area contributed by atoms with Gasteiger partial charge in [0, 0.05) is 44.8 Å². The van der Waals surface area contributed by atoms with Gasteiger partial charge >= 0.3 is 0 Å². The van der Waals surface area contributed by atoms with E-state index in [2.05, 4.69) is 0 Å². The topological polar surface area (TPSA) is 74.1 Å². The lowest BCUT2D eigenvalue weighted by atomic mass is 10.1. The Kier molecular flexibility index (Phi) is 5.13. The zero-order valence-electron chi connectivity index (χ0n) is 16.8. The van der Waals surface area contributed by atoms with Crippen molar-refractivity contribution < 1.29 is 18.8 Å². The molecule has 2 aliphatic rings. The van der Waals surface area contributed by atoms with E-state index in [9.17, 15) is 14.4 Å². The molecule has 2 fully saturated rings. The lowest BCUT2D eigenvalue weighted by Crippen LogP contribution is -2.52. The molecule has 2 saturated heterocycles. The van der Waals surface area contributed by atoms with Gasteiger partial charge in [0.2, 0.25) is 11.8 Å². The first kappa shape index (κ1) is 19.2. The van der Waals surface area contributed by atoms with Crippen LogP contribution in [0.5, 0.6) is 0 Å². The fourth-order valence-corrected chi connectivity index (χ4v) is 4.08. The van der Waals surface area contributed by atoms with Crippen LogP contribution in [0.25, 0.3) is 0 Å². The van der Waals surface area contributed by atoms with E-state index < -0.39 is 0 Å². The van der Waals surface area contributed by atoms with E-state index in [1.807, 2.05) is 32.0 Å². The fraction of sp³-hybridized carbons (Fsp3) is 0.409. The predicted molar refractivity (Wildman–Crippen MR) is 108 cm³/mol. The summed E-state index contributed by atoms with van der Waals surface area (Å²) in [4.78, 5) is 43.2. The van der Waals surface area contributed by atoms with Gasteiger partial charge in [0.15, 0.2) is 5.76 Å². The minimum atomic E-state index is -0.338. The minimum Gasteiger partial charge on any atom is -0.459 e. The number of aryl methyl sites for hydroxylation is 1. The number of anilines is 1. The molecule has 1 unspecified atom stereocenters. The van der Waals surface area contributed by atoms with Gasteiger partial charge in [-0.25, -0.2) is 0 Å². The van der Waals surface area contributed by atoms with Gasteiger partial charge in [0.05, 0.1) is 12.2 Å². The van der Waals surface area contributed by atoms with Crippen LogP contribution < -0.4 is 4.90 Å². The van der Waals surface area contributed by atoms with Crippen molar-refractivity contribution in [1.29, 1.82) is 0 Å². The fourth-order valence-electron chi connectivity index (χ4n) is 4.08. The Morgan fingerprint density at radius 3 is 2.41 bits per heavy atom. The summed E-state index contributed by atoms with van der Waals surface area (Å²) in [6.07, 6.45) is 1.71. The second kappa shape index (κ2) is 7.73. The Morgan fingerprint density at radius 1 is 1.00 bits per heavy atom. The highest BCUT2D eigenvalue weighted by molar-refractivity contribution is 6.01. The average molecular weight is 395 g/mol. The maximum atomic E-state index is 13.0. The number of hydrogen-bond acceptors (Lipinski definition) is 4. The Labute approximate surface area is 169 Å². The molecule has 2 aromatic rings. The number of amides is 3. The van der Waals surface area contributed by atoms with Crippen molar-refractivity contribution >= 4 is 23.4 Å². The van der Waals surface area contributed by atoms with Crippen LogP contribution in [0.2, 0.25) is 0 Å². The van der Waals surface area contributed by atoms with Crippen LogP contribution in [0.3, 0.4) is 0 Å². The van der Waals surface area contributed by atoms with Crippen LogP contribution in [0.15, 0.2) is 41.0 Å². The molecule has 0 saturated carbocycles. The van der Waals surface area contributed by atoms with Crippen molar-refractivity contribution in [3.8, 4) is 0 Å². The van der Waals surface area contributed by atoms with Crippen LogP contribution >= 0.6 is 0 Å². The largest absolute Gasteiger partial charge is 0.459 e. The Balaban J connectivity index is 1.38. The summed E-state index contributed by atoms with van der Waals surface area (Å²) < 4.78 is 5.17. The molecule has 1 aromatic heterocycles. The summed E-state index contributed by atoms with van der Waals surface area (Å²) in [6.45, 7) is 6.31. The number of piperazine rings is 1. The van der Waals surface area contributed by atoms with Crippen LogP contribution in [0, 0.1) is 19.8 Å². The highest BCUT2D eigenvalue weighted by Gasteiger charge is 2.38. The van der Waals surface area contributed by atoms with Crippen molar-refractivity contribution in [2.75, 3.05) is 37.6 Å². The van der Waals surface area contributed by atoms with Crippen molar-refractivity contribution in [1.82, 2.24) is 9.80 Å². The molecule has 0 radical (unpaired) electrons. The predicted octanol–water partition coefficient (Wildman–Crippen LogP) is 2.23. The van der Waals surface area contributed by atoms with Crippen molar-refractivity contribution in [2.45, 2.75) is 20.3 Å². The highest BCUT2D eigenvalue weighted by Crippen LogP contribution is 2.30. The molecule has 7 heteroatoms. The maximum absolute atomic E-state index is 13.0. The summed E-state index contributed by atoms with van der Waals surface area (Å²) in [5, 5.41) is 0. The Morgan fingerprint density at radius 2 is 1.72 bits per heavy atom. The SMILES string of the molecule is Cc1cccc(N2CC(C(=O)N3CCN(C(=O)c4ccco4)CC3)CC2=O)c1C. The normalized spacial score (nSPS) is 19.7. The van der Waals surface area contributed by atoms with Gasteiger partial charge in [0.25, 0.3) is 5.91 Å². The average Bonchev–Trinajstić information content (AvgIpc) is 3.39. The molecule has 0 aliphatic carbocycles. The molecule has 29 heavy (non-hydrogen) atoms. The number of benzene rings is 1. The molecular formula is C22H25N3O4. The van der Waals surface area contributed by atoms with E-state index in [-0.39, 0.29) is 30.1 Å². The summed E-state index contributed by atoms with van der Waals surface area (Å²) in [7, 11) is 0. The van der Waals surface area contributed by atoms with Crippen molar-refractivity contribution in [3.05, 3.63) is 53.5 Å². The smallest absolute Gasteiger partial charge is 0.289 e. The summed E-state index contributed by atoms with van der Waals surface area (Å²) in [5.74, 6) is -0.191. The van der Waals surface area contributed by atoms with Gasteiger partial charge < -0.3 is 19.1 Å². The quantitative estimate of drug-likeness (QED) is 0.799. The monoisotopic (exact) mass is 395 g/mol. The molecule has 152 valence electrons. The second-order valence-electron chi connectivity index (χ2n) is 7.72. The van der Waals surface area contributed by atoms with E-state index in [0.29, 0.717) is 38.5 Å². The van der Waals surface area contributed by atoms with Gasteiger partial charge in [-0.15, -0.1) is 0 Å². The van der Waals surface area contributed by atoms with Crippen LogP contribution in [-0.4, -0.2) is 60.2 Å². The second-order valence-corrected chi connectivity index (χ2v) is 7.72. The van der Waals surface area contributed by atoms with E-state index in [1.54, 1.807) is 26.8 Å². The highest BCUT2D eigenvalue weighted by atomic mass is 16.3. The number of rotatable bonds is 3. The Hall–Kier alpha value is -3.09. The van der Waals surface area contributed by atoms with E-state index in [0.717, 1.165) is 16.8 Å². The lowest BCUT2D eigenvalue weighted by molar-refractivity contribution is -0.137. The van der Waals surface area contributed by atoms with Crippen LogP contribution in [-0.2, 0) is 9.59 Å². The minimum absolute atomic E-state index is 0.00347. The first-order chi connectivity index (χ1) is 14.0. The lowest BCUT2D eigenvalue weighted by Gasteiger charge is -2.35. The molecule has 3 heterocycles. The first-order valence-corrected chi connectivity index (χ1v) is 9.94. The summed E-state index contributed by atoms with van der Waals surface area (Å²) in [5.41, 5.74) is 3.08. The molecule has 7 nitrogen and oxygen atoms in total. The number of carbonyl (C=O) groups excluding carboxylic acids is 3. The van der Waals surface area contributed by atoms with E-state index >= 15 is 0 Å². The molecular weight excluding hydrogens is 370 g/mol. The standard InChI is InChI=1S/C22H25N3O4/c1-15-5-3-6-18(16(15)2)25-14-17(13-20(25)26)21(27)23-8-10-24(11-9-23)22(28)19-7-4-12-29-19/h3-7,12,17H,8-11,13-14H2,1-2H3. The van der Waals surface area contributed by atoms with Crippen LogP contribution in [0.1, 0.15) is 28.1 Å². The van der Waals surface area contributed by atoms with Gasteiger partial charge in [-0.1, -0.05) is 12.1 Å². The van der Waals surface area contributed by atoms with E-state index in [4.69, 9.17) is 4.42 Å². The maximum Gasteiger partial charge on any atom is 0.289 e. The van der Waals surface area contributed by atoms with E-state index in [1.165, 1.54) is 6.26 Å².